The van der Waals surface area contributed by atoms with E-state index in [1.807, 2.05) is 48.5 Å². The Balaban J connectivity index is 1.23. The van der Waals surface area contributed by atoms with Crippen LogP contribution in [-0.2, 0) is 16.1 Å². The third kappa shape index (κ3) is 6.12. The van der Waals surface area contributed by atoms with Crippen molar-refractivity contribution in [3.8, 4) is 11.5 Å². The number of urea groups is 1. The maximum absolute atomic E-state index is 12.6. The fourth-order valence-corrected chi connectivity index (χ4v) is 3.75. The molecular formula is C24H30N2O5. The van der Waals surface area contributed by atoms with Crippen LogP contribution in [-0.4, -0.2) is 56.6 Å². The average molecular weight is 427 g/mol. The minimum Gasteiger partial charge on any atom is -0.486 e. The monoisotopic (exact) mass is 426 g/mol. The van der Waals surface area contributed by atoms with Gasteiger partial charge in [-0.15, -0.1) is 0 Å². The standard InChI is InChI=1S/C24H30N2O5/c1-26(14-21-17-30-22-10-2-3-11-23(22)31-21)24(27)25-19-8-6-7-18(13-19)15-28-16-20-9-4-5-12-29-20/h2-3,6-8,10-11,13,20-21H,4-5,9,12,14-17H2,1H3,(H,25,27). The maximum Gasteiger partial charge on any atom is 0.321 e. The van der Waals surface area contributed by atoms with Gasteiger partial charge in [0.15, 0.2) is 17.6 Å². The van der Waals surface area contributed by atoms with Crippen molar-refractivity contribution in [2.45, 2.75) is 38.1 Å². The van der Waals surface area contributed by atoms with Crippen LogP contribution in [0, 0.1) is 0 Å². The molecule has 4 rings (SSSR count). The number of benzene rings is 2. The molecule has 0 saturated carbocycles. The number of hydrogen-bond donors (Lipinski definition) is 1. The second-order valence-electron chi connectivity index (χ2n) is 8.01. The first kappa shape index (κ1) is 21.5. The van der Waals surface area contributed by atoms with Crippen LogP contribution in [0.4, 0.5) is 10.5 Å². The summed E-state index contributed by atoms with van der Waals surface area (Å²) in [4.78, 5) is 14.2. The van der Waals surface area contributed by atoms with Crippen LogP contribution in [0.1, 0.15) is 24.8 Å². The molecule has 2 heterocycles. The second kappa shape index (κ2) is 10.5. The first-order chi connectivity index (χ1) is 15.2. The van der Waals surface area contributed by atoms with Gasteiger partial charge >= 0.3 is 6.03 Å². The summed E-state index contributed by atoms with van der Waals surface area (Å²) in [7, 11) is 1.75. The van der Waals surface area contributed by atoms with Crippen LogP contribution in [0.5, 0.6) is 11.5 Å². The van der Waals surface area contributed by atoms with Gasteiger partial charge in [-0.25, -0.2) is 4.79 Å². The van der Waals surface area contributed by atoms with Crippen LogP contribution < -0.4 is 14.8 Å². The van der Waals surface area contributed by atoms with E-state index in [2.05, 4.69) is 5.32 Å². The molecule has 0 radical (unpaired) electrons. The van der Waals surface area contributed by atoms with Crippen molar-refractivity contribution < 1.29 is 23.7 Å². The number of para-hydroxylation sites is 2. The van der Waals surface area contributed by atoms with Gasteiger partial charge in [-0.05, 0) is 49.1 Å². The molecule has 0 aliphatic carbocycles. The Morgan fingerprint density at radius 1 is 1.13 bits per heavy atom. The van der Waals surface area contributed by atoms with Crippen LogP contribution in [0.25, 0.3) is 0 Å². The van der Waals surface area contributed by atoms with Gasteiger partial charge in [-0.1, -0.05) is 24.3 Å². The second-order valence-corrected chi connectivity index (χ2v) is 8.01. The highest BCUT2D eigenvalue weighted by atomic mass is 16.6. The fourth-order valence-electron chi connectivity index (χ4n) is 3.75. The summed E-state index contributed by atoms with van der Waals surface area (Å²) in [5, 5.41) is 2.94. The van der Waals surface area contributed by atoms with Gasteiger partial charge in [0.25, 0.3) is 0 Å². The van der Waals surface area contributed by atoms with Gasteiger partial charge in [0.05, 0.1) is 25.9 Å². The SMILES string of the molecule is CN(CC1COc2ccccc2O1)C(=O)Nc1cccc(COCC2CCCCO2)c1. The zero-order valence-electron chi connectivity index (χ0n) is 17.9. The third-order valence-corrected chi connectivity index (χ3v) is 5.42. The minimum absolute atomic E-state index is 0.197. The first-order valence-electron chi connectivity index (χ1n) is 10.9. The van der Waals surface area contributed by atoms with Gasteiger partial charge in [0.2, 0.25) is 0 Å². The molecule has 2 aliphatic heterocycles. The number of hydrogen-bond acceptors (Lipinski definition) is 5. The lowest BCUT2D eigenvalue weighted by atomic mass is 10.1. The number of likely N-dealkylation sites (N-methyl/N-ethyl adjacent to an activating group) is 1. The molecule has 2 aromatic carbocycles. The molecule has 2 aromatic rings. The molecule has 1 N–H and O–H groups in total. The van der Waals surface area contributed by atoms with Crippen molar-refractivity contribution in [2.75, 3.05) is 38.7 Å². The van der Waals surface area contributed by atoms with E-state index in [0.29, 0.717) is 32.1 Å². The van der Waals surface area contributed by atoms with E-state index in [0.717, 1.165) is 36.4 Å². The normalized spacial score (nSPS) is 20.2. The molecule has 0 aromatic heterocycles. The Morgan fingerprint density at radius 2 is 2.00 bits per heavy atom. The van der Waals surface area contributed by atoms with Crippen LogP contribution in [0.15, 0.2) is 48.5 Å². The van der Waals surface area contributed by atoms with Crippen LogP contribution >= 0.6 is 0 Å². The van der Waals surface area contributed by atoms with Crippen molar-refractivity contribution >= 4 is 11.7 Å². The lowest BCUT2D eigenvalue weighted by molar-refractivity contribution is -0.0447. The topological polar surface area (TPSA) is 69.3 Å². The smallest absolute Gasteiger partial charge is 0.321 e. The van der Waals surface area contributed by atoms with E-state index >= 15 is 0 Å². The molecule has 0 bridgehead atoms. The molecule has 2 aliphatic rings. The van der Waals surface area contributed by atoms with E-state index < -0.39 is 0 Å². The maximum atomic E-state index is 12.6. The van der Waals surface area contributed by atoms with Crippen LogP contribution in [0.2, 0.25) is 0 Å². The molecular weight excluding hydrogens is 396 g/mol. The van der Waals surface area contributed by atoms with Crippen molar-refractivity contribution in [1.29, 1.82) is 0 Å². The first-order valence-corrected chi connectivity index (χ1v) is 10.9. The molecule has 2 amide bonds. The zero-order chi connectivity index (χ0) is 21.5. The lowest BCUT2D eigenvalue weighted by Gasteiger charge is -2.29. The van der Waals surface area contributed by atoms with Gasteiger partial charge in [0, 0.05) is 19.3 Å². The Labute approximate surface area is 183 Å². The van der Waals surface area contributed by atoms with Gasteiger partial charge in [0.1, 0.15) is 6.61 Å². The van der Waals surface area contributed by atoms with E-state index in [4.69, 9.17) is 18.9 Å². The molecule has 166 valence electrons. The molecule has 7 heteroatoms. The van der Waals surface area contributed by atoms with E-state index in [-0.39, 0.29) is 18.2 Å². The van der Waals surface area contributed by atoms with E-state index in [1.54, 1.807) is 11.9 Å². The largest absolute Gasteiger partial charge is 0.486 e. The number of amides is 2. The van der Waals surface area contributed by atoms with Crippen molar-refractivity contribution in [2.24, 2.45) is 0 Å². The van der Waals surface area contributed by atoms with Gasteiger partial charge in [-0.2, -0.15) is 0 Å². The molecule has 0 spiro atoms. The summed E-state index contributed by atoms with van der Waals surface area (Å²) in [6.07, 6.45) is 3.38. The summed E-state index contributed by atoms with van der Waals surface area (Å²) >= 11 is 0. The summed E-state index contributed by atoms with van der Waals surface area (Å²) in [5.74, 6) is 1.44. The minimum atomic E-state index is -0.215. The molecule has 2 atom stereocenters. The molecule has 31 heavy (non-hydrogen) atoms. The molecule has 7 nitrogen and oxygen atoms in total. The Hall–Kier alpha value is -2.77. The highest BCUT2D eigenvalue weighted by molar-refractivity contribution is 5.89. The Bertz CT molecular complexity index is 869. The van der Waals surface area contributed by atoms with Gasteiger partial charge in [-0.3, -0.25) is 0 Å². The zero-order valence-corrected chi connectivity index (χ0v) is 17.9. The number of anilines is 1. The number of nitrogens with zero attached hydrogens (tertiary/aromatic N) is 1. The number of ether oxygens (including phenoxy) is 4. The summed E-state index contributed by atoms with van der Waals surface area (Å²) in [5.41, 5.74) is 1.75. The van der Waals surface area contributed by atoms with Crippen LogP contribution in [0.3, 0.4) is 0 Å². The Kier molecular flexibility index (Phi) is 7.27. The van der Waals surface area contributed by atoms with E-state index in [9.17, 15) is 4.79 Å². The molecule has 1 saturated heterocycles. The van der Waals surface area contributed by atoms with Gasteiger partial charge < -0.3 is 29.2 Å². The highest BCUT2D eigenvalue weighted by Crippen LogP contribution is 2.31. The fraction of sp³-hybridized carbons (Fsp3) is 0.458. The lowest BCUT2D eigenvalue weighted by Crippen LogP contribution is -2.43. The van der Waals surface area contributed by atoms with Crippen molar-refractivity contribution in [3.63, 3.8) is 0 Å². The molecule has 2 unspecified atom stereocenters. The predicted molar refractivity (Wildman–Crippen MR) is 118 cm³/mol. The number of carbonyl (C=O) groups excluding carboxylic acids is 1. The summed E-state index contributed by atoms with van der Waals surface area (Å²) in [6, 6.07) is 15.1. The summed E-state index contributed by atoms with van der Waals surface area (Å²) < 4.78 is 23.2. The Morgan fingerprint density at radius 3 is 2.84 bits per heavy atom. The quantitative estimate of drug-likeness (QED) is 0.723. The van der Waals surface area contributed by atoms with Crippen molar-refractivity contribution in [3.05, 3.63) is 54.1 Å². The third-order valence-electron chi connectivity index (χ3n) is 5.42. The number of rotatable bonds is 7. The summed E-state index contributed by atoms with van der Waals surface area (Å²) in [6.45, 7) is 2.75. The average Bonchev–Trinajstić information content (AvgIpc) is 2.80. The number of nitrogens with one attached hydrogen (secondary N) is 1. The number of carbonyl (C=O) groups is 1. The predicted octanol–water partition coefficient (Wildman–Crippen LogP) is 4.08. The number of fused-ring (bicyclic) bond motifs is 1. The van der Waals surface area contributed by atoms with Crippen molar-refractivity contribution in [1.82, 2.24) is 4.90 Å². The van der Waals surface area contributed by atoms with E-state index in [1.165, 1.54) is 6.42 Å². The molecule has 1 fully saturated rings. The highest BCUT2D eigenvalue weighted by Gasteiger charge is 2.23.